The topological polar surface area (TPSA) is 43.8 Å². The number of nitrogens with two attached hydrogens (primary N) is 1. The third-order valence-corrected chi connectivity index (χ3v) is 1.56. The fraction of sp³-hybridized carbons (Fsp3) is 0.571. The van der Waals surface area contributed by atoms with Crippen LogP contribution in [0.15, 0.2) is 12.5 Å². The summed E-state index contributed by atoms with van der Waals surface area (Å²) in [5.74, 6) is 0. The van der Waals surface area contributed by atoms with Crippen molar-refractivity contribution in [3.8, 4) is 0 Å². The van der Waals surface area contributed by atoms with Crippen molar-refractivity contribution in [2.24, 2.45) is 12.8 Å². The average Bonchev–Trinajstić information content (AvgIpc) is 2.31. The van der Waals surface area contributed by atoms with Gasteiger partial charge in [-0.05, 0) is 0 Å². The van der Waals surface area contributed by atoms with E-state index in [4.69, 9.17) is 5.73 Å². The first-order chi connectivity index (χ1) is 5.88. The van der Waals surface area contributed by atoms with Crippen LogP contribution >= 0.6 is 0 Å². The second kappa shape index (κ2) is 3.37. The van der Waals surface area contributed by atoms with Gasteiger partial charge in [0.15, 0.2) is 0 Å². The fourth-order valence-electron chi connectivity index (χ4n) is 0.978. The van der Waals surface area contributed by atoms with Gasteiger partial charge in [-0.1, -0.05) is 0 Å². The predicted molar refractivity (Wildman–Crippen MR) is 40.8 cm³/mol. The van der Waals surface area contributed by atoms with Crippen LogP contribution in [0, 0.1) is 0 Å². The van der Waals surface area contributed by atoms with E-state index in [9.17, 15) is 13.2 Å². The van der Waals surface area contributed by atoms with E-state index in [1.807, 2.05) is 0 Å². The van der Waals surface area contributed by atoms with Crippen LogP contribution in [0.1, 0.15) is 18.2 Å². The maximum absolute atomic E-state index is 11.9. The maximum atomic E-state index is 11.9. The summed E-state index contributed by atoms with van der Waals surface area (Å²) in [5, 5.41) is 0. The van der Waals surface area contributed by atoms with Crippen molar-refractivity contribution < 1.29 is 13.2 Å². The number of rotatable bonds is 2. The number of halogens is 3. The Morgan fingerprint density at radius 1 is 1.62 bits per heavy atom. The second-order valence-corrected chi connectivity index (χ2v) is 2.89. The zero-order chi connectivity index (χ0) is 10.1. The third kappa shape index (κ3) is 3.06. The molecule has 3 nitrogen and oxygen atoms in total. The van der Waals surface area contributed by atoms with Crippen molar-refractivity contribution in [2.75, 3.05) is 0 Å². The van der Waals surface area contributed by atoms with Gasteiger partial charge in [0.1, 0.15) is 0 Å². The number of alkyl halides is 3. The number of hydrogen-bond acceptors (Lipinski definition) is 2. The molecule has 0 fully saturated rings. The van der Waals surface area contributed by atoms with Gasteiger partial charge in [0, 0.05) is 13.2 Å². The lowest BCUT2D eigenvalue weighted by Gasteiger charge is -2.11. The van der Waals surface area contributed by atoms with E-state index in [-0.39, 0.29) is 5.69 Å². The quantitative estimate of drug-likeness (QED) is 0.770. The zero-order valence-corrected chi connectivity index (χ0v) is 7.04. The molecule has 1 heterocycles. The molecule has 1 rings (SSSR count). The molecule has 13 heavy (non-hydrogen) atoms. The summed E-state index contributed by atoms with van der Waals surface area (Å²) in [6, 6.07) is -1.07. The first-order valence-corrected chi connectivity index (χ1v) is 3.68. The summed E-state index contributed by atoms with van der Waals surface area (Å²) in [6.45, 7) is 0. The third-order valence-electron chi connectivity index (χ3n) is 1.56. The molecule has 6 heteroatoms. The first-order valence-electron chi connectivity index (χ1n) is 3.68. The molecule has 0 bridgehead atoms. The minimum absolute atomic E-state index is 0.264. The number of nitrogens with zero attached hydrogens (tertiary/aromatic N) is 2. The molecule has 0 unspecified atom stereocenters. The zero-order valence-electron chi connectivity index (χ0n) is 7.04. The monoisotopic (exact) mass is 193 g/mol. The van der Waals surface area contributed by atoms with E-state index in [0.29, 0.717) is 0 Å². The molecule has 0 saturated carbocycles. The molecule has 0 aliphatic heterocycles. The summed E-state index contributed by atoms with van der Waals surface area (Å²) in [7, 11) is 1.68. The predicted octanol–water partition coefficient (Wildman–Crippen LogP) is 1.37. The van der Waals surface area contributed by atoms with E-state index >= 15 is 0 Å². The highest BCUT2D eigenvalue weighted by molar-refractivity contribution is 5.02. The van der Waals surface area contributed by atoms with Gasteiger partial charge in [0.25, 0.3) is 0 Å². The molecule has 0 spiro atoms. The van der Waals surface area contributed by atoms with Crippen molar-refractivity contribution in [1.29, 1.82) is 0 Å². The van der Waals surface area contributed by atoms with E-state index in [0.717, 1.165) is 0 Å². The second-order valence-electron chi connectivity index (χ2n) is 2.89. The Morgan fingerprint density at radius 3 is 2.62 bits per heavy atom. The number of hydrogen-bond donors (Lipinski definition) is 1. The van der Waals surface area contributed by atoms with Gasteiger partial charge >= 0.3 is 6.18 Å². The molecule has 0 aromatic carbocycles. The van der Waals surface area contributed by atoms with E-state index in [1.54, 1.807) is 11.6 Å². The molecule has 0 aliphatic rings. The molecule has 1 atom stereocenters. The molecular weight excluding hydrogens is 183 g/mol. The van der Waals surface area contributed by atoms with Gasteiger partial charge in [-0.25, -0.2) is 4.98 Å². The Bertz CT molecular complexity index is 279. The minimum atomic E-state index is -4.24. The Morgan fingerprint density at radius 2 is 2.23 bits per heavy atom. The van der Waals surface area contributed by atoms with Gasteiger partial charge < -0.3 is 10.3 Å². The molecule has 0 radical (unpaired) electrons. The van der Waals surface area contributed by atoms with Crippen LogP contribution in [0.25, 0.3) is 0 Å². The van der Waals surface area contributed by atoms with Gasteiger partial charge in [-0.15, -0.1) is 0 Å². The van der Waals surface area contributed by atoms with Crippen molar-refractivity contribution >= 4 is 0 Å². The SMILES string of the molecule is Cn1cnc([C@H](N)CC(F)(F)F)c1. The molecule has 0 aliphatic carbocycles. The van der Waals surface area contributed by atoms with Crippen LogP contribution in [0.4, 0.5) is 13.2 Å². The molecule has 74 valence electrons. The summed E-state index contributed by atoms with van der Waals surface area (Å²) in [6.07, 6.45) is -2.37. The largest absolute Gasteiger partial charge is 0.390 e. The molecule has 0 amide bonds. The van der Waals surface area contributed by atoms with Crippen molar-refractivity contribution in [3.05, 3.63) is 18.2 Å². The fourth-order valence-corrected chi connectivity index (χ4v) is 0.978. The molecule has 0 saturated heterocycles. The summed E-state index contributed by atoms with van der Waals surface area (Å²) in [4.78, 5) is 3.74. The Kier molecular flexibility index (Phi) is 2.60. The van der Waals surface area contributed by atoms with Crippen LogP contribution < -0.4 is 5.73 Å². The van der Waals surface area contributed by atoms with Gasteiger partial charge in [-0.2, -0.15) is 13.2 Å². The highest BCUT2D eigenvalue weighted by atomic mass is 19.4. The standard InChI is InChI=1S/C7H10F3N3/c1-13-3-6(12-4-13)5(11)2-7(8,9)10/h3-5H,2,11H2,1H3/t5-/m1/s1. The Labute approximate surface area is 73.4 Å². The molecule has 2 N–H and O–H groups in total. The Hall–Kier alpha value is -1.04. The average molecular weight is 193 g/mol. The molecular formula is C7H10F3N3. The first kappa shape index (κ1) is 10.0. The van der Waals surface area contributed by atoms with Gasteiger partial charge in [0.2, 0.25) is 0 Å². The molecule has 1 aromatic heterocycles. The van der Waals surface area contributed by atoms with Crippen molar-refractivity contribution in [3.63, 3.8) is 0 Å². The minimum Gasteiger partial charge on any atom is -0.340 e. The van der Waals surface area contributed by atoms with Gasteiger partial charge in [0.05, 0.1) is 24.5 Å². The summed E-state index contributed by atoms with van der Waals surface area (Å²) < 4.78 is 37.2. The van der Waals surface area contributed by atoms with Crippen LogP contribution in [-0.2, 0) is 7.05 Å². The van der Waals surface area contributed by atoms with Gasteiger partial charge in [-0.3, -0.25) is 0 Å². The summed E-state index contributed by atoms with van der Waals surface area (Å²) >= 11 is 0. The van der Waals surface area contributed by atoms with Crippen LogP contribution in [0.3, 0.4) is 0 Å². The van der Waals surface area contributed by atoms with Crippen LogP contribution in [0.5, 0.6) is 0 Å². The number of aromatic nitrogens is 2. The van der Waals surface area contributed by atoms with E-state index in [2.05, 4.69) is 4.98 Å². The number of imidazole rings is 1. The normalized spacial score (nSPS) is 14.5. The highest BCUT2D eigenvalue weighted by Crippen LogP contribution is 2.26. The van der Waals surface area contributed by atoms with Crippen molar-refractivity contribution in [1.82, 2.24) is 9.55 Å². The molecule has 1 aromatic rings. The highest BCUT2D eigenvalue weighted by Gasteiger charge is 2.31. The van der Waals surface area contributed by atoms with Crippen LogP contribution in [0.2, 0.25) is 0 Å². The Balaban J connectivity index is 2.64. The lowest BCUT2D eigenvalue weighted by molar-refractivity contribution is -0.138. The maximum Gasteiger partial charge on any atom is 0.390 e. The van der Waals surface area contributed by atoms with Crippen LogP contribution in [-0.4, -0.2) is 15.7 Å². The lowest BCUT2D eigenvalue weighted by Crippen LogP contribution is -2.20. The smallest absolute Gasteiger partial charge is 0.340 e. The van der Waals surface area contributed by atoms with Crippen molar-refractivity contribution in [2.45, 2.75) is 18.6 Å². The summed E-state index contributed by atoms with van der Waals surface area (Å²) in [5.41, 5.74) is 5.56. The van der Waals surface area contributed by atoms with E-state index in [1.165, 1.54) is 12.5 Å². The number of aryl methyl sites for hydroxylation is 1. The van der Waals surface area contributed by atoms with E-state index < -0.39 is 18.6 Å². The lowest BCUT2D eigenvalue weighted by atomic mass is 10.1.